The van der Waals surface area contributed by atoms with Gasteiger partial charge in [0.15, 0.2) is 0 Å². The minimum atomic E-state index is 0.367. The summed E-state index contributed by atoms with van der Waals surface area (Å²) in [6.45, 7) is 8.08. The quantitative estimate of drug-likeness (QED) is 0.495. The van der Waals surface area contributed by atoms with E-state index in [0.29, 0.717) is 6.61 Å². The van der Waals surface area contributed by atoms with Gasteiger partial charge in [0.05, 0.1) is 26.2 Å². The molecule has 1 rings (SSSR count). The molecule has 0 aliphatic carbocycles. The monoisotopic (exact) mass is 186 g/mol. The van der Waals surface area contributed by atoms with Gasteiger partial charge in [-0.05, 0) is 19.3 Å². The maximum absolute atomic E-state index is 8.75. The van der Waals surface area contributed by atoms with Gasteiger partial charge >= 0.3 is 0 Å². The molecule has 1 N–H and O–H groups in total. The highest BCUT2D eigenvalue weighted by molar-refractivity contribution is 4.55. The van der Waals surface area contributed by atoms with Crippen molar-refractivity contribution in [1.29, 1.82) is 0 Å². The zero-order chi connectivity index (χ0) is 9.57. The molecular weight excluding hydrogens is 162 g/mol. The second-order valence-electron chi connectivity index (χ2n) is 4.37. The van der Waals surface area contributed by atoms with Crippen LogP contribution in [0.1, 0.15) is 39.0 Å². The van der Waals surface area contributed by atoms with Crippen molar-refractivity contribution >= 4 is 0 Å². The van der Waals surface area contributed by atoms with Crippen LogP contribution >= 0.6 is 0 Å². The maximum Gasteiger partial charge on any atom is 0.0788 e. The van der Waals surface area contributed by atoms with Crippen molar-refractivity contribution in [3.63, 3.8) is 0 Å². The van der Waals surface area contributed by atoms with Gasteiger partial charge in [-0.15, -0.1) is 0 Å². The number of hydrogen-bond donors (Lipinski definition) is 1. The van der Waals surface area contributed by atoms with Gasteiger partial charge in [-0.25, -0.2) is 0 Å². The van der Waals surface area contributed by atoms with Crippen molar-refractivity contribution in [2.75, 3.05) is 32.8 Å². The third-order valence-corrected chi connectivity index (χ3v) is 3.25. The molecule has 0 atom stereocenters. The summed E-state index contributed by atoms with van der Waals surface area (Å²) in [5.74, 6) is 0. The van der Waals surface area contributed by atoms with Gasteiger partial charge in [-0.2, -0.15) is 0 Å². The molecule has 0 amide bonds. The molecule has 0 saturated carbocycles. The molecule has 1 fully saturated rings. The van der Waals surface area contributed by atoms with Crippen LogP contribution in [0.25, 0.3) is 0 Å². The summed E-state index contributed by atoms with van der Waals surface area (Å²) in [5, 5.41) is 8.75. The first-order valence-corrected chi connectivity index (χ1v) is 5.79. The predicted molar refractivity (Wildman–Crippen MR) is 55.6 cm³/mol. The Balaban J connectivity index is 2.28. The first-order valence-electron chi connectivity index (χ1n) is 5.79. The number of hydrogen-bond acceptors (Lipinski definition) is 1. The number of unbranched alkanes of at least 4 members (excludes halogenated alkanes) is 1. The molecule has 0 radical (unpaired) electrons. The van der Waals surface area contributed by atoms with Crippen LogP contribution in [0.5, 0.6) is 0 Å². The van der Waals surface area contributed by atoms with E-state index in [2.05, 4.69) is 6.92 Å². The van der Waals surface area contributed by atoms with Gasteiger partial charge in [0.25, 0.3) is 0 Å². The third kappa shape index (κ3) is 3.28. The van der Waals surface area contributed by atoms with Gasteiger partial charge in [0, 0.05) is 19.4 Å². The topological polar surface area (TPSA) is 20.2 Å². The molecule has 1 saturated heterocycles. The number of nitrogens with zero attached hydrogens (tertiary/aromatic N) is 1. The van der Waals surface area contributed by atoms with Crippen LogP contribution in [0.15, 0.2) is 0 Å². The van der Waals surface area contributed by atoms with E-state index in [1.807, 2.05) is 0 Å². The summed E-state index contributed by atoms with van der Waals surface area (Å²) in [6.07, 6.45) is 6.33. The van der Waals surface area contributed by atoms with Crippen LogP contribution in [0, 0.1) is 0 Å². The fraction of sp³-hybridized carbons (Fsp3) is 1.00. The highest BCUT2D eigenvalue weighted by Gasteiger charge is 2.29. The Morgan fingerprint density at radius 3 is 2.31 bits per heavy atom. The Labute approximate surface area is 82.1 Å². The van der Waals surface area contributed by atoms with Gasteiger partial charge in [-0.1, -0.05) is 6.92 Å². The van der Waals surface area contributed by atoms with E-state index in [1.165, 1.54) is 56.3 Å². The van der Waals surface area contributed by atoms with Crippen LogP contribution in [0.3, 0.4) is 0 Å². The van der Waals surface area contributed by atoms with Crippen molar-refractivity contribution in [3.8, 4) is 0 Å². The van der Waals surface area contributed by atoms with Crippen molar-refractivity contribution in [2.24, 2.45) is 0 Å². The number of aliphatic hydroxyl groups excluding tert-OH is 1. The normalized spacial score (nSPS) is 20.8. The zero-order valence-electron chi connectivity index (χ0n) is 8.97. The average molecular weight is 186 g/mol. The van der Waals surface area contributed by atoms with E-state index in [1.54, 1.807) is 0 Å². The average Bonchev–Trinajstić information content (AvgIpc) is 2.55. The van der Waals surface area contributed by atoms with E-state index < -0.39 is 0 Å². The lowest BCUT2D eigenvalue weighted by Gasteiger charge is -2.34. The summed E-state index contributed by atoms with van der Waals surface area (Å²) in [6, 6.07) is 0. The lowest BCUT2D eigenvalue weighted by atomic mass is 10.2. The second kappa shape index (κ2) is 5.61. The fourth-order valence-corrected chi connectivity index (χ4v) is 2.60. The molecular formula is C11H24NO+. The molecule has 0 aromatic carbocycles. The molecule has 2 heteroatoms. The molecule has 0 aromatic rings. The minimum Gasteiger partial charge on any atom is -0.396 e. The number of rotatable bonds is 6. The summed E-state index contributed by atoms with van der Waals surface area (Å²) >= 11 is 0. The highest BCUT2D eigenvalue weighted by atomic mass is 16.2. The fourth-order valence-electron chi connectivity index (χ4n) is 2.60. The lowest BCUT2D eigenvalue weighted by Crippen LogP contribution is -2.46. The Kier molecular flexibility index (Phi) is 4.74. The Hall–Kier alpha value is -0.0800. The minimum absolute atomic E-state index is 0.367. The first kappa shape index (κ1) is 11.0. The summed E-state index contributed by atoms with van der Waals surface area (Å²) in [5.41, 5.74) is 0. The number of likely N-dealkylation sites (tertiary alicyclic amines) is 1. The van der Waals surface area contributed by atoms with E-state index in [-0.39, 0.29) is 0 Å². The molecule has 1 heterocycles. The molecule has 0 aromatic heterocycles. The van der Waals surface area contributed by atoms with E-state index in [4.69, 9.17) is 5.11 Å². The molecule has 1 aliphatic rings. The predicted octanol–water partition coefficient (Wildman–Crippen LogP) is 1.78. The SMILES string of the molecule is CCC[N+]1(CCCCO)CCCC1. The molecule has 78 valence electrons. The summed E-state index contributed by atoms with van der Waals surface area (Å²) in [7, 11) is 0. The lowest BCUT2D eigenvalue weighted by molar-refractivity contribution is -0.917. The largest absolute Gasteiger partial charge is 0.396 e. The first-order chi connectivity index (χ1) is 6.33. The molecule has 1 aliphatic heterocycles. The maximum atomic E-state index is 8.75. The van der Waals surface area contributed by atoms with Crippen LogP contribution in [-0.4, -0.2) is 42.4 Å². The molecule has 0 spiro atoms. The van der Waals surface area contributed by atoms with E-state index in [9.17, 15) is 0 Å². The Morgan fingerprint density at radius 2 is 1.77 bits per heavy atom. The summed E-state index contributed by atoms with van der Waals surface area (Å²) < 4.78 is 1.34. The smallest absolute Gasteiger partial charge is 0.0788 e. The second-order valence-corrected chi connectivity index (χ2v) is 4.37. The highest BCUT2D eigenvalue weighted by Crippen LogP contribution is 2.20. The Morgan fingerprint density at radius 1 is 1.08 bits per heavy atom. The van der Waals surface area contributed by atoms with Crippen LogP contribution in [0.2, 0.25) is 0 Å². The van der Waals surface area contributed by atoms with Crippen molar-refractivity contribution in [1.82, 2.24) is 0 Å². The van der Waals surface area contributed by atoms with E-state index >= 15 is 0 Å². The molecule has 0 bridgehead atoms. The Bertz CT molecular complexity index is 130. The third-order valence-electron chi connectivity index (χ3n) is 3.25. The molecule has 0 unspecified atom stereocenters. The van der Waals surface area contributed by atoms with Gasteiger partial charge < -0.3 is 9.59 Å². The van der Waals surface area contributed by atoms with Crippen LogP contribution < -0.4 is 0 Å². The zero-order valence-corrected chi connectivity index (χ0v) is 8.97. The number of aliphatic hydroxyl groups is 1. The standard InChI is InChI=1S/C11H24NO/c1-2-7-12(8-3-4-9-12)10-5-6-11-13/h13H,2-11H2,1H3/q+1. The van der Waals surface area contributed by atoms with Gasteiger partial charge in [0.2, 0.25) is 0 Å². The molecule has 13 heavy (non-hydrogen) atoms. The van der Waals surface area contributed by atoms with Crippen LogP contribution in [0.4, 0.5) is 0 Å². The van der Waals surface area contributed by atoms with Crippen molar-refractivity contribution < 1.29 is 9.59 Å². The number of quaternary nitrogens is 1. The van der Waals surface area contributed by atoms with E-state index in [0.717, 1.165) is 6.42 Å². The van der Waals surface area contributed by atoms with Gasteiger partial charge in [0.1, 0.15) is 0 Å². The summed E-state index contributed by atoms with van der Waals surface area (Å²) in [4.78, 5) is 0. The van der Waals surface area contributed by atoms with Crippen molar-refractivity contribution in [3.05, 3.63) is 0 Å². The molecule has 2 nitrogen and oxygen atoms in total. The van der Waals surface area contributed by atoms with Crippen molar-refractivity contribution in [2.45, 2.75) is 39.0 Å². The van der Waals surface area contributed by atoms with Crippen LogP contribution in [-0.2, 0) is 0 Å². The van der Waals surface area contributed by atoms with Gasteiger partial charge in [-0.3, -0.25) is 0 Å².